The molecule has 1 aliphatic heterocycles. The second-order valence-corrected chi connectivity index (χ2v) is 10.8. The number of ether oxygens (including phenoxy) is 1. The molecule has 202 valence electrons. The molecule has 2 aromatic heterocycles. The molecule has 0 unspecified atom stereocenters. The van der Waals surface area contributed by atoms with Gasteiger partial charge in [0.25, 0.3) is 5.91 Å². The Balaban J connectivity index is 0.00000308. The Morgan fingerprint density at radius 1 is 1.10 bits per heavy atom. The summed E-state index contributed by atoms with van der Waals surface area (Å²) in [6.45, 7) is 6.32. The molecule has 1 amide bonds. The standard InChI is InChI=1S/C29H26ClN3O4S.ClH/c1-18-23(30)8-10-25-26(18)31-29(38-25)33(12-4-11-32-13-15-36-16-14-32)27(34)22-17-21-20-6-3-2-5-19(20)7-9-24(21)37-28(22)35;/h2-3,5-10,17H,4,11-16H2,1H3;1H. The first-order valence-corrected chi connectivity index (χ1v) is 13.8. The lowest BCUT2D eigenvalue weighted by atomic mass is 10.0. The zero-order valence-corrected chi connectivity index (χ0v) is 23.7. The van der Waals surface area contributed by atoms with E-state index in [9.17, 15) is 9.59 Å². The van der Waals surface area contributed by atoms with Gasteiger partial charge in [0.15, 0.2) is 5.13 Å². The van der Waals surface area contributed by atoms with Gasteiger partial charge in [0.2, 0.25) is 0 Å². The fourth-order valence-corrected chi connectivity index (χ4v) is 6.13. The van der Waals surface area contributed by atoms with Crippen molar-refractivity contribution in [3.8, 4) is 0 Å². The van der Waals surface area contributed by atoms with E-state index in [1.54, 1.807) is 17.0 Å². The van der Waals surface area contributed by atoms with Gasteiger partial charge in [-0.05, 0) is 53.9 Å². The molecule has 3 aromatic carbocycles. The SMILES string of the molecule is Cc1c(Cl)ccc2sc(N(CCCN3CCOCC3)C(=O)c3cc4c(ccc5ccccc54)oc3=O)nc12.Cl. The van der Waals surface area contributed by atoms with Crippen molar-refractivity contribution in [3.05, 3.63) is 81.2 Å². The van der Waals surface area contributed by atoms with Crippen LogP contribution in [0.25, 0.3) is 32.0 Å². The number of rotatable bonds is 6. The molecule has 0 saturated carbocycles. The van der Waals surface area contributed by atoms with Gasteiger partial charge in [-0.2, -0.15) is 0 Å². The Hall–Kier alpha value is -3.01. The van der Waals surface area contributed by atoms with Crippen molar-refractivity contribution in [1.29, 1.82) is 0 Å². The molecule has 7 nitrogen and oxygen atoms in total. The van der Waals surface area contributed by atoms with Crippen molar-refractivity contribution < 1.29 is 13.9 Å². The zero-order chi connectivity index (χ0) is 26.2. The Bertz CT molecular complexity index is 1730. The average Bonchev–Trinajstić information content (AvgIpc) is 3.37. The molecule has 6 rings (SSSR count). The first-order chi connectivity index (χ1) is 18.5. The van der Waals surface area contributed by atoms with Crippen molar-refractivity contribution in [2.45, 2.75) is 13.3 Å². The Morgan fingerprint density at radius 3 is 2.72 bits per heavy atom. The first kappa shape index (κ1) is 27.6. The molecule has 1 fully saturated rings. The Morgan fingerprint density at radius 2 is 1.90 bits per heavy atom. The van der Waals surface area contributed by atoms with E-state index in [-0.39, 0.29) is 18.0 Å². The number of hydrogen-bond donors (Lipinski definition) is 0. The predicted octanol–water partition coefficient (Wildman–Crippen LogP) is 6.31. The normalized spacial score (nSPS) is 14.1. The largest absolute Gasteiger partial charge is 0.422 e. The predicted molar refractivity (Wildman–Crippen MR) is 160 cm³/mol. The Labute approximate surface area is 240 Å². The van der Waals surface area contributed by atoms with Crippen LogP contribution in [0.4, 0.5) is 5.13 Å². The van der Waals surface area contributed by atoms with Gasteiger partial charge in [0, 0.05) is 36.6 Å². The smallest absolute Gasteiger partial charge is 0.349 e. The summed E-state index contributed by atoms with van der Waals surface area (Å²) < 4.78 is 12.0. The summed E-state index contributed by atoms with van der Waals surface area (Å²) in [7, 11) is 0. The van der Waals surface area contributed by atoms with Crippen LogP contribution in [-0.2, 0) is 4.74 Å². The highest BCUT2D eigenvalue weighted by atomic mass is 35.5. The molecule has 39 heavy (non-hydrogen) atoms. The second kappa shape index (κ2) is 11.6. The highest BCUT2D eigenvalue weighted by Gasteiger charge is 2.26. The van der Waals surface area contributed by atoms with Crippen LogP contribution in [-0.4, -0.2) is 55.2 Å². The third-order valence-corrected chi connectivity index (χ3v) is 8.50. The van der Waals surface area contributed by atoms with Crippen LogP contribution in [0.5, 0.6) is 0 Å². The van der Waals surface area contributed by atoms with Crippen molar-refractivity contribution in [3.63, 3.8) is 0 Å². The summed E-state index contributed by atoms with van der Waals surface area (Å²) in [5.74, 6) is -0.418. The number of benzene rings is 3. The van der Waals surface area contributed by atoms with E-state index < -0.39 is 11.5 Å². The number of hydrogen-bond acceptors (Lipinski definition) is 7. The number of aromatic nitrogens is 1. The van der Waals surface area contributed by atoms with Crippen LogP contribution in [0.15, 0.2) is 63.8 Å². The van der Waals surface area contributed by atoms with Gasteiger partial charge in [-0.1, -0.05) is 53.3 Å². The first-order valence-electron chi connectivity index (χ1n) is 12.6. The minimum atomic E-state index is -0.656. The molecule has 0 radical (unpaired) electrons. The molecule has 0 bridgehead atoms. The lowest BCUT2D eigenvalue weighted by Gasteiger charge is -2.27. The maximum Gasteiger partial charge on any atom is 0.349 e. The third-order valence-electron chi connectivity index (χ3n) is 7.04. The summed E-state index contributed by atoms with van der Waals surface area (Å²) in [5, 5.41) is 3.82. The molecule has 0 N–H and O–H groups in total. The van der Waals surface area contributed by atoms with Crippen LogP contribution in [0.1, 0.15) is 22.3 Å². The van der Waals surface area contributed by atoms with Gasteiger partial charge in [0.1, 0.15) is 11.1 Å². The molecular weight excluding hydrogens is 557 g/mol. The minimum Gasteiger partial charge on any atom is -0.422 e. The van der Waals surface area contributed by atoms with E-state index in [1.807, 2.05) is 49.4 Å². The van der Waals surface area contributed by atoms with Crippen molar-refractivity contribution >= 4 is 78.3 Å². The maximum absolute atomic E-state index is 14.0. The van der Waals surface area contributed by atoms with Crippen LogP contribution in [0, 0.1) is 6.92 Å². The van der Waals surface area contributed by atoms with Crippen molar-refractivity contribution in [2.75, 3.05) is 44.3 Å². The van der Waals surface area contributed by atoms with Crippen LogP contribution in [0.2, 0.25) is 5.02 Å². The topological polar surface area (TPSA) is 75.9 Å². The second-order valence-electron chi connectivity index (χ2n) is 9.43. The van der Waals surface area contributed by atoms with E-state index >= 15 is 0 Å². The summed E-state index contributed by atoms with van der Waals surface area (Å²) >= 11 is 7.76. The number of nitrogens with zero attached hydrogens (tertiary/aromatic N) is 3. The number of carbonyl (C=O) groups is 1. The summed E-state index contributed by atoms with van der Waals surface area (Å²) in [6, 6.07) is 16.9. The van der Waals surface area contributed by atoms with Crippen LogP contribution in [0.3, 0.4) is 0 Å². The van der Waals surface area contributed by atoms with Gasteiger partial charge < -0.3 is 9.15 Å². The lowest BCUT2D eigenvalue weighted by molar-refractivity contribution is 0.0376. The average molecular weight is 585 g/mol. The number of aryl methyl sites for hydroxylation is 1. The van der Waals surface area contributed by atoms with E-state index in [2.05, 4.69) is 4.90 Å². The fraction of sp³-hybridized carbons (Fsp3) is 0.276. The highest BCUT2D eigenvalue weighted by Crippen LogP contribution is 2.34. The van der Waals surface area contributed by atoms with Crippen LogP contribution >= 0.6 is 35.3 Å². The molecule has 0 spiro atoms. The summed E-state index contributed by atoms with van der Waals surface area (Å²) in [6.07, 6.45) is 0.725. The highest BCUT2D eigenvalue weighted by molar-refractivity contribution is 7.22. The number of carbonyl (C=O) groups excluding carboxylic acids is 1. The lowest BCUT2D eigenvalue weighted by Crippen LogP contribution is -2.40. The number of anilines is 1. The number of amides is 1. The molecule has 1 aliphatic rings. The van der Waals surface area contributed by atoms with E-state index in [0.29, 0.717) is 35.5 Å². The minimum absolute atomic E-state index is 0. The zero-order valence-electron chi connectivity index (χ0n) is 21.3. The number of fused-ring (bicyclic) bond motifs is 4. The molecule has 1 saturated heterocycles. The van der Waals surface area contributed by atoms with Crippen molar-refractivity contribution in [1.82, 2.24) is 9.88 Å². The summed E-state index contributed by atoms with van der Waals surface area (Å²) in [4.78, 5) is 35.8. The molecule has 5 aromatic rings. The van der Waals surface area contributed by atoms with Gasteiger partial charge >= 0.3 is 5.63 Å². The molecule has 3 heterocycles. The van der Waals surface area contributed by atoms with Crippen LogP contribution < -0.4 is 10.5 Å². The third kappa shape index (κ3) is 5.40. The number of thiazole rings is 1. The maximum atomic E-state index is 14.0. The quantitative estimate of drug-likeness (QED) is 0.172. The Kier molecular flexibility index (Phi) is 8.21. The van der Waals surface area contributed by atoms with Gasteiger partial charge in [-0.3, -0.25) is 14.6 Å². The number of halogens is 2. The van der Waals surface area contributed by atoms with E-state index in [1.165, 1.54) is 11.3 Å². The molecule has 10 heteroatoms. The number of morpholine rings is 1. The van der Waals surface area contributed by atoms with Crippen molar-refractivity contribution in [2.24, 2.45) is 0 Å². The van der Waals surface area contributed by atoms with Gasteiger partial charge in [-0.25, -0.2) is 9.78 Å². The summed E-state index contributed by atoms with van der Waals surface area (Å²) in [5.41, 5.74) is 1.42. The monoisotopic (exact) mass is 583 g/mol. The molecular formula is C29H27Cl2N3O4S. The van der Waals surface area contributed by atoms with E-state index in [0.717, 1.165) is 58.0 Å². The van der Waals surface area contributed by atoms with E-state index in [4.69, 9.17) is 25.7 Å². The molecule has 0 aliphatic carbocycles. The fourth-order valence-electron chi connectivity index (χ4n) is 4.93. The molecule has 0 atom stereocenters. The van der Waals surface area contributed by atoms with Gasteiger partial charge in [-0.15, -0.1) is 12.4 Å². The van der Waals surface area contributed by atoms with Gasteiger partial charge in [0.05, 0.1) is 23.4 Å².